The minimum atomic E-state index is 0.386. The van der Waals surface area contributed by atoms with Gasteiger partial charge in [-0.2, -0.15) is 0 Å². The standard InChI is InChI=1S/C19H24O/c1-13(2)15-9-10-18(14(3)4)17(11-15)12-16-7-5-6-8-19(16)20/h5-11,13-14,20H,12H2,1-4H3. The van der Waals surface area contributed by atoms with Gasteiger partial charge in [0.2, 0.25) is 0 Å². The Bertz CT molecular complexity index is 582. The highest BCUT2D eigenvalue weighted by molar-refractivity contribution is 5.42. The Kier molecular flexibility index (Phi) is 4.49. The SMILES string of the molecule is CC(C)c1ccc(C(C)C)c(Cc2ccccc2O)c1. The molecule has 20 heavy (non-hydrogen) atoms. The molecule has 0 saturated heterocycles. The minimum absolute atomic E-state index is 0.386. The zero-order valence-corrected chi connectivity index (χ0v) is 12.9. The van der Waals surface area contributed by atoms with Gasteiger partial charge in [0, 0.05) is 6.42 Å². The Labute approximate surface area is 122 Å². The minimum Gasteiger partial charge on any atom is -0.508 e. The normalized spacial score (nSPS) is 11.3. The molecule has 0 amide bonds. The van der Waals surface area contributed by atoms with Crippen molar-refractivity contribution in [1.82, 2.24) is 0 Å². The third-order valence-electron chi connectivity index (χ3n) is 3.83. The second-order valence-corrected chi connectivity index (χ2v) is 6.07. The molecular weight excluding hydrogens is 244 g/mol. The van der Waals surface area contributed by atoms with Gasteiger partial charge in [0.05, 0.1) is 0 Å². The summed E-state index contributed by atoms with van der Waals surface area (Å²) in [5.74, 6) is 1.41. The van der Waals surface area contributed by atoms with E-state index < -0.39 is 0 Å². The molecule has 106 valence electrons. The molecule has 0 aromatic heterocycles. The summed E-state index contributed by atoms with van der Waals surface area (Å²) in [6.45, 7) is 8.87. The molecule has 2 aromatic carbocycles. The molecule has 1 N–H and O–H groups in total. The first-order valence-electron chi connectivity index (χ1n) is 7.38. The van der Waals surface area contributed by atoms with Crippen LogP contribution in [-0.2, 0) is 6.42 Å². The van der Waals surface area contributed by atoms with E-state index in [1.807, 2.05) is 18.2 Å². The quantitative estimate of drug-likeness (QED) is 0.805. The molecule has 2 rings (SSSR count). The number of phenols is 1. The van der Waals surface area contributed by atoms with Crippen LogP contribution in [0.4, 0.5) is 0 Å². The fraction of sp³-hybridized carbons (Fsp3) is 0.368. The van der Waals surface area contributed by atoms with Gasteiger partial charge in [-0.05, 0) is 40.2 Å². The van der Waals surface area contributed by atoms with Crippen molar-refractivity contribution in [3.63, 3.8) is 0 Å². The van der Waals surface area contributed by atoms with E-state index in [4.69, 9.17) is 0 Å². The number of aromatic hydroxyl groups is 1. The smallest absolute Gasteiger partial charge is 0.119 e. The highest BCUT2D eigenvalue weighted by Crippen LogP contribution is 2.28. The number of hydrogen-bond donors (Lipinski definition) is 1. The van der Waals surface area contributed by atoms with E-state index in [2.05, 4.69) is 45.9 Å². The average molecular weight is 268 g/mol. The summed E-state index contributed by atoms with van der Waals surface area (Å²) in [7, 11) is 0. The Morgan fingerprint density at radius 1 is 0.850 bits per heavy atom. The van der Waals surface area contributed by atoms with E-state index in [9.17, 15) is 5.11 Å². The summed E-state index contributed by atoms with van der Waals surface area (Å²) in [5, 5.41) is 9.98. The van der Waals surface area contributed by atoms with Crippen LogP contribution < -0.4 is 0 Å². The Balaban J connectivity index is 2.42. The number of rotatable bonds is 4. The molecule has 0 saturated carbocycles. The maximum absolute atomic E-state index is 9.98. The molecule has 0 heterocycles. The van der Waals surface area contributed by atoms with Crippen LogP contribution in [0.25, 0.3) is 0 Å². The second kappa shape index (κ2) is 6.13. The van der Waals surface area contributed by atoms with Crippen molar-refractivity contribution in [3.05, 3.63) is 64.7 Å². The fourth-order valence-corrected chi connectivity index (χ4v) is 2.57. The first-order chi connectivity index (χ1) is 9.49. The van der Waals surface area contributed by atoms with Gasteiger partial charge in [-0.3, -0.25) is 0 Å². The highest BCUT2D eigenvalue weighted by Gasteiger charge is 2.11. The largest absolute Gasteiger partial charge is 0.508 e. The first kappa shape index (κ1) is 14.6. The number of para-hydroxylation sites is 1. The topological polar surface area (TPSA) is 20.2 Å². The van der Waals surface area contributed by atoms with Crippen LogP contribution in [0, 0.1) is 0 Å². The van der Waals surface area contributed by atoms with Gasteiger partial charge in [0.25, 0.3) is 0 Å². The molecule has 0 radical (unpaired) electrons. The molecule has 0 aliphatic heterocycles. The summed E-state index contributed by atoms with van der Waals surface area (Å²) in [5.41, 5.74) is 5.06. The van der Waals surface area contributed by atoms with Crippen LogP contribution in [0.2, 0.25) is 0 Å². The van der Waals surface area contributed by atoms with Gasteiger partial charge in [-0.1, -0.05) is 64.1 Å². The predicted molar refractivity (Wildman–Crippen MR) is 85.5 cm³/mol. The summed E-state index contributed by atoms with van der Waals surface area (Å²) < 4.78 is 0. The monoisotopic (exact) mass is 268 g/mol. The van der Waals surface area contributed by atoms with Crippen LogP contribution in [0.15, 0.2) is 42.5 Å². The molecule has 0 spiro atoms. The molecule has 0 bridgehead atoms. The third-order valence-corrected chi connectivity index (χ3v) is 3.83. The zero-order valence-electron chi connectivity index (χ0n) is 12.9. The van der Waals surface area contributed by atoms with Crippen molar-refractivity contribution >= 4 is 0 Å². The Morgan fingerprint density at radius 3 is 2.15 bits per heavy atom. The van der Waals surface area contributed by atoms with Gasteiger partial charge < -0.3 is 5.11 Å². The molecule has 1 heteroatoms. The van der Waals surface area contributed by atoms with Crippen LogP contribution >= 0.6 is 0 Å². The summed E-state index contributed by atoms with van der Waals surface area (Å²) in [4.78, 5) is 0. The number of phenolic OH excluding ortho intramolecular Hbond substituents is 1. The van der Waals surface area contributed by atoms with Gasteiger partial charge in [-0.25, -0.2) is 0 Å². The van der Waals surface area contributed by atoms with Crippen molar-refractivity contribution in [1.29, 1.82) is 0 Å². The fourth-order valence-electron chi connectivity index (χ4n) is 2.57. The number of hydrogen-bond acceptors (Lipinski definition) is 1. The third kappa shape index (κ3) is 3.22. The summed E-state index contributed by atoms with van der Waals surface area (Å²) in [6, 6.07) is 14.4. The lowest BCUT2D eigenvalue weighted by Crippen LogP contribution is -2.00. The average Bonchev–Trinajstić information content (AvgIpc) is 2.41. The lowest BCUT2D eigenvalue weighted by Gasteiger charge is -2.16. The Hall–Kier alpha value is -1.76. The van der Waals surface area contributed by atoms with Gasteiger partial charge >= 0.3 is 0 Å². The zero-order chi connectivity index (χ0) is 14.7. The van der Waals surface area contributed by atoms with Crippen molar-refractivity contribution in [3.8, 4) is 5.75 Å². The maximum Gasteiger partial charge on any atom is 0.119 e. The van der Waals surface area contributed by atoms with E-state index >= 15 is 0 Å². The van der Waals surface area contributed by atoms with E-state index in [0.717, 1.165) is 12.0 Å². The molecule has 0 unspecified atom stereocenters. The van der Waals surface area contributed by atoms with Crippen LogP contribution in [-0.4, -0.2) is 5.11 Å². The molecule has 1 nitrogen and oxygen atoms in total. The molecule has 0 atom stereocenters. The highest BCUT2D eigenvalue weighted by atomic mass is 16.3. The van der Waals surface area contributed by atoms with Gasteiger partial charge in [0.1, 0.15) is 5.75 Å². The molecular formula is C19H24O. The van der Waals surface area contributed by atoms with Crippen molar-refractivity contribution in [2.24, 2.45) is 0 Å². The van der Waals surface area contributed by atoms with E-state index in [1.165, 1.54) is 16.7 Å². The molecule has 0 aliphatic rings. The summed E-state index contributed by atoms with van der Waals surface area (Å²) >= 11 is 0. The molecule has 0 fully saturated rings. The first-order valence-corrected chi connectivity index (χ1v) is 7.38. The Morgan fingerprint density at radius 2 is 1.55 bits per heavy atom. The van der Waals surface area contributed by atoms with Crippen molar-refractivity contribution in [2.75, 3.05) is 0 Å². The van der Waals surface area contributed by atoms with Gasteiger partial charge in [-0.15, -0.1) is 0 Å². The summed E-state index contributed by atoms with van der Waals surface area (Å²) in [6.07, 6.45) is 0.792. The lowest BCUT2D eigenvalue weighted by atomic mass is 9.89. The van der Waals surface area contributed by atoms with Crippen molar-refractivity contribution in [2.45, 2.75) is 46.0 Å². The molecule has 0 aliphatic carbocycles. The van der Waals surface area contributed by atoms with E-state index in [1.54, 1.807) is 6.07 Å². The van der Waals surface area contributed by atoms with Crippen LogP contribution in [0.5, 0.6) is 5.75 Å². The van der Waals surface area contributed by atoms with Crippen molar-refractivity contribution < 1.29 is 5.11 Å². The molecule has 2 aromatic rings. The van der Waals surface area contributed by atoms with Crippen LogP contribution in [0.1, 0.15) is 61.8 Å². The van der Waals surface area contributed by atoms with E-state index in [-0.39, 0.29) is 0 Å². The lowest BCUT2D eigenvalue weighted by molar-refractivity contribution is 0.469. The van der Waals surface area contributed by atoms with E-state index in [0.29, 0.717) is 17.6 Å². The predicted octanol–water partition coefficient (Wildman–Crippen LogP) is 5.23. The second-order valence-electron chi connectivity index (χ2n) is 6.07. The number of benzene rings is 2. The maximum atomic E-state index is 9.98. The van der Waals surface area contributed by atoms with Crippen LogP contribution in [0.3, 0.4) is 0 Å². The van der Waals surface area contributed by atoms with Gasteiger partial charge in [0.15, 0.2) is 0 Å².